The second kappa shape index (κ2) is 7.60. The molecule has 0 spiro atoms. The highest BCUT2D eigenvalue weighted by Crippen LogP contribution is 2.07. The van der Waals surface area contributed by atoms with Gasteiger partial charge in [0.05, 0.1) is 6.07 Å². The summed E-state index contributed by atoms with van der Waals surface area (Å²) in [5.74, 6) is 0. The predicted octanol–water partition coefficient (Wildman–Crippen LogP) is 0.725. The van der Waals surface area contributed by atoms with Crippen molar-refractivity contribution >= 4 is 10.0 Å². The predicted molar refractivity (Wildman–Crippen MR) is 64.1 cm³/mol. The minimum atomic E-state index is -3.56. The van der Waals surface area contributed by atoms with Crippen molar-refractivity contribution in [1.29, 1.82) is 5.26 Å². The van der Waals surface area contributed by atoms with E-state index in [1.807, 2.05) is 6.92 Å². The molecular formula is C10H21N3O2S. The van der Waals surface area contributed by atoms with Crippen molar-refractivity contribution < 1.29 is 8.42 Å². The lowest BCUT2D eigenvalue weighted by molar-refractivity contribution is 0.512. The van der Waals surface area contributed by atoms with Gasteiger partial charge in [0, 0.05) is 12.6 Å². The fraction of sp³-hybridized carbons (Fsp3) is 0.900. The van der Waals surface area contributed by atoms with Gasteiger partial charge in [0.1, 0.15) is 0 Å². The Balaban J connectivity index is 4.49. The molecule has 0 aliphatic carbocycles. The van der Waals surface area contributed by atoms with E-state index in [-0.39, 0.29) is 19.0 Å². The summed E-state index contributed by atoms with van der Waals surface area (Å²) in [6, 6.07) is 1.53. The molecule has 0 aliphatic heterocycles. The van der Waals surface area contributed by atoms with E-state index >= 15 is 0 Å². The largest absolute Gasteiger partial charge is 0.329 e. The zero-order chi connectivity index (χ0) is 12.6. The van der Waals surface area contributed by atoms with Crippen LogP contribution in [0.15, 0.2) is 0 Å². The molecule has 6 heteroatoms. The Kier molecular flexibility index (Phi) is 7.30. The molecule has 5 nitrogen and oxygen atoms in total. The first kappa shape index (κ1) is 15.4. The second-order valence-corrected chi connectivity index (χ2v) is 5.66. The number of hydrogen-bond donors (Lipinski definition) is 2. The smallest absolute Gasteiger partial charge is 0.228 e. The minimum Gasteiger partial charge on any atom is -0.329 e. The highest BCUT2D eigenvalue weighted by atomic mass is 32.2. The molecule has 2 unspecified atom stereocenters. The Morgan fingerprint density at radius 3 is 2.44 bits per heavy atom. The Labute approximate surface area is 98.1 Å². The summed E-state index contributed by atoms with van der Waals surface area (Å²) < 4.78 is 26.0. The molecule has 0 saturated carbocycles. The molecule has 0 saturated heterocycles. The Bertz CT molecular complexity index is 321. The van der Waals surface area contributed by atoms with Gasteiger partial charge < -0.3 is 5.73 Å². The molecule has 0 radical (unpaired) electrons. The Morgan fingerprint density at radius 1 is 1.44 bits per heavy atom. The number of nitrogens with zero attached hydrogens (tertiary/aromatic N) is 1. The van der Waals surface area contributed by atoms with Crippen molar-refractivity contribution in [3.8, 4) is 6.07 Å². The van der Waals surface area contributed by atoms with Gasteiger partial charge in [-0.25, -0.2) is 13.1 Å². The fourth-order valence-corrected chi connectivity index (χ4v) is 2.79. The first-order valence-electron chi connectivity index (χ1n) is 5.62. The SMILES string of the molecule is CCCCC(CN)NS(=O)(=O)C(C#N)CC. The van der Waals surface area contributed by atoms with Crippen LogP contribution in [0.25, 0.3) is 0 Å². The molecule has 0 aromatic carbocycles. The Morgan fingerprint density at radius 2 is 2.06 bits per heavy atom. The molecule has 3 N–H and O–H groups in total. The van der Waals surface area contributed by atoms with E-state index in [0.717, 1.165) is 12.8 Å². The van der Waals surface area contributed by atoms with E-state index in [0.29, 0.717) is 6.42 Å². The topological polar surface area (TPSA) is 96.0 Å². The van der Waals surface area contributed by atoms with Crippen molar-refractivity contribution in [2.45, 2.75) is 50.8 Å². The molecular weight excluding hydrogens is 226 g/mol. The van der Waals surface area contributed by atoms with Crippen molar-refractivity contribution in [2.24, 2.45) is 5.73 Å². The van der Waals surface area contributed by atoms with Crippen LogP contribution < -0.4 is 10.5 Å². The van der Waals surface area contributed by atoms with Gasteiger partial charge in [0.25, 0.3) is 0 Å². The number of sulfonamides is 1. The number of nitrogens with one attached hydrogen (secondary N) is 1. The standard InChI is InChI=1S/C10H21N3O2S/c1-3-5-6-9(7-11)13-16(14,15)10(4-2)8-12/h9-10,13H,3-7,11H2,1-2H3. The van der Waals surface area contributed by atoms with Gasteiger partial charge in [-0.1, -0.05) is 26.7 Å². The molecule has 0 bridgehead atoms. The quantitative estimate of drug-likeness (QED) is 0.660. The zero-order valence-electron chi connectivity index (χ0n) is 9.94. The number of hydrogen-bond acceptors (Lipinski definition) is 4. The summed E-state index contributed by atoms with van der Waals surface area (Å²) in [5.41, 5.74) is 5.49. The lowest BCUT2D eigenvalue weighted by atomic mass is 10.1. The van der Waals surface area contributed by atoms with Crippen molar-refractivity contribution in [3.63, 3.8) is 0 Å². The maximum Gasteiger partial charge on any atom is 0.228 e. The summed E-state index contributed by atoms with van der Waals surface area (Å²) in [6.07, 6.45) is 2.92. The van der Waals surface area contributed by atoms with Crippen LogP contribution >= 0.6 is 0 Å². The summed E-state index contributed by atoms with van der Waals surface area (Å²) in [5, 5.41) is 7.74. The number of unbranched alkanes of at least 4 members (excludes halogenated alkanes) is 1. The van der Waals surface area contributed by atoms with E-state index in [1.165, 1.54) is 0 Å². The Hall–Kier alpha value is -0.640. The maximum absolute atomic E-state index is 11.7. The number of nitrogens with two attached hydrogens (primary N) is 1. The molecule has 0 aromatic rings. The van der Waals surface area contributed by atoms with Gasteiger partial charge in [0.2, 0.25) is 10.0 Å². The van der Waals surface area contributed by atoms with E-state index in [1.54, 1.807) is 13.0 Å². The first-order chi connectivity index (χ1) is 7.51. The van der Waals surface area contributed by atoms with Gasteiger partial charge >= 0.3 is 0 Å². The van der Waals surface area contributed by atoms with Gasteiger partial charge in [-0.15, -0.1) is 0 Å². The molecule has 0 heterocycles. The molecule has 94 valence electrons. The third-order valence-electron chi connectivity index (χ3n) is 2.41. The summed E-state index contributed by atoms with van der Waals surface area (Å²) in [6.45, 7) is 3.98. The van der Waals surface area contributed by atoms with E-state index in [4.69, 9.17) is 11.0 Å². The number of nitriles is 1. The molecule has 0 aromatic heterocycles. The van der Waals surface area contributed by atoms with Gasteiger partial charge in [0.15, 0.2) is 5.25 Å². The van der Waals surface area contributed by atoms with Crippen molar-refractivity contribution in [3.05, 3.63) is 0 Å². The van der Waals surface area contributed by atoms with Gasteiger partial charge in [-0.3, -0.25) is 0 Å². The maximum atomic E-state index is 11.7. The average molecular weight is 247 g/mol. The second-order valence-electron chi connectivity index (χ2n) is 3.76. The highest BCUT2D eigenvalue weighted by Gasteiger charge is 2.25. The summed E-state index contributed by atoms with van der Waals surface area (Å²) in [4.78, 5) is 0. The summed E-state index contributed by atoms with van der Waals surface area (Å²) in [7, 11) is -3.56. The number of rotatable bonds is 8. The van der Waals surface area contributed by atoms with Gasteiger partial charge in [-0.05, 0) is 12.8 Å². The molecule has 0 amide bonds. The van der Waals surface area contributed by atoms with Crippen LogP contribution in [0.2, 0.25) is 0 Å². The lowest BCUT2D eigenvalue weighted by Gasteiger charge is -2.18. The van der Waals surface area contributed by atoms with E-state index < -0.39 is 15.3 Å². The van der Waals surface area contributed by atoms with Crippen LogP contribution in [0.4, 0.5) is 0 Å². The molecule has 0 rings (SSSR count). The normalized spacial score (nSPS) is 15.4. The first-order valence-corrected chi connectivity index (χ1v) is 7.17. The lowest BCUT2D eigenvalue weighted by Crippen LogP contribution is -2.44. The van der Waals surface area contributed by atoms with Crippen LogP contribution in [0.3, 0.4) is 0 Å². The fourth-order valence-electron chi connectivity index (χ4n) is 1.37. The zero-order valence-corrected chi connectivity index (χ0v) is 10.8. The van der Waals surface area contributed by atoms with Crippen LogP contribution in [-0.4, -0.2) is 26.3 Å². The third-order valence-corrected chi connectivity index (χ3v) is 4.26. The van der Waals surface area contributed by atoms with E-state index in [9.17, 15) is 8.42 Å². The van der Waals surface area contributed by atoms with Crippen LogP contribution in [-0.2, 0) is 10.0 Å². The summed E-state index contributed by atoms with van der Waals surface area (Å²) >= 11 is 0. The molecule has 0 fully saturated rings. The van der Waals surface area contributed by atoms with Crippen LogP contribution in [0, 0.1) is 11.3 Å². The third kappa shape index (κ3) is 4.92. The average Bonchev–Trinajstić information content (AvgIpc) is 2.25. The van der Waals surface area contributed by atoms with Crippen molar-refractivity contribution in [2.75, 3.05) is 6.54 Å². The molecule has 0 aliphatic rings. The van der Waals surface area contributed by atoms with Crippen LogP contribution in [0.1, 0.15) is 39.5 Å². The van der Waals surface area contributed by atoms with Crippen molar-refractivity contribution in [1.82, 2.24) is 4.72 Å². The monoisotopic (exact) mass is 247 g/mol. The molecule has 2 atom stereocenters. The van der Waals surface area contributed by atoms with Crippen LogP contribution in [0.5, 0.6) is 0 Å². The highest BCUT2D eigenvalue weighted by molar-refractivity contribution is 7.90. The minimum absolute atomic E-state index is 0.257. The van der Waals surface area contributed by atoms with Gasteiger partial charge in [-0.2, -0.15) is 5.26 Å². The molecule has 16 heavy (non-hydrogen) atoms. The van der Waals surface area contributed by atoms with E-state index in [2.05, 4.69) is 4.72 Å².